The summed E-state index contributed by atoms with van der Waals surface area (Å²) in [7, 11) is 0. The van der Waals surface area contributed by atoms with Crippen LogP contribution >= 0.6 is 0 Å². The number of carbonyl (C=O) groups is 2. The average Bonchev–Trinajstić information content (AvgIpc) is 3.15. The summed E-state index contributed by atoms with van der Waals surface area (Å²) in [6, 6.07) is 0. The molecule has 1 saturated heterocycles. The first-order valence-corrected chi connectivity index (χ1v) is 21.4. The molecule has 1 heterocycles. The fraction of sp³-hybridized carbons (Fsp3) is 0.860. The lowest BCUT2D eigenvalue weighted by Crippen LogP contribution is -2.59. The molecule has 0 amide bonds. The maximum Gasteiger partial charge on any atom is 0.306 e. The number of rotatable bonds is 35. The zero-order chi connectivity index (χ0) is 38.8. The molecule has 6 atom stereocenters. The van der Waals surface area contributed by atoms with Crippen LogP contribution in [0.2, 0.25) is 0 Å². The van der Waals surface area contributed by atoms with Gasteiger partial charge in [-0.05, 0) is 64.2 Å². The predicted molar refractivity (Wildman–Crippen MR) is 210 cm³/mol. The number of allylic oxidation sites excluding steroid dienone is 4. The van der Waals surface area contributed by atoms with E-state index in [9.17, 15) is 30.0 Å². The summed E-state index contributed by atoms with van der Waals surface area (Å²) in [5, 5.41) is 40.0. The number of hydrogen-bond donors (Lipinski definition) is 4. The molecule has 0 aromatic heterocycles. The predicted octanol–water partition coefficient (Wildman–Crippen LogP) is 8.55. The molecule has 0 aromatic rings. The molecule has 0 aliphatic carbocycles. The summed E-state index contributed by atoms with van der Waals surface area (Å²) >= 11 is 0. The van der Waals surface area contributed by atoms with E-state index < -0.39 is 49.4 Å². The van der Waals surface area contributed by atoms with Gasteiger partial charge in [0, 0.05) is 12.8 Å². The van der Waals surface area contributed by atoms with Crippen LogP contribution in [-0.2, 0) is 28.5 Å². The van der Waals surface area contributed by atoms with Gasteiger partial charge in [0.15, 0.2) is 12.4 Å². The molecule has 0 saturated carbocycles. The number of carbonyl (C=O) groups excluding carboxylic acids is 2. The molecular weight excluding hydrogens is 676 g/mol. The van der Waals surface area contributed by atoms with Crippen LogP contribution in [0, 0.1) is 0 Å². The number of esters is 2. The Kier molecular flexibility index (Phi) is 32.2. The Morgan fingerprint density at radius 2 is 1.00 bits per heavy atom. The molecule has 0 aromatic carbocycles. The van der Waals surface area contributed by atoms with Crippen LogP contribution in [0.5, 0.6) is 0 Å². The SMILES string of the molecule is CCCCCCCCC=CCCCCCCCC(=O)OCC(COC1OC(CO)C(O)C(O)C1O)OC(=O)CCCCCC=CCCCCCCCC. The van der Waals surface area contributed by atoms with Gasteiger partial charge < -0.3 is 39.4 Å². The molecule has 53 heavy (non-hydrogen) atoms. The van der Waals surface area contributed by atoms with Gasteiger partial charge in [0.05, 0.1) is 13.2 Å². The van der Waals surface area contributed by atoms with E-state index in [4.69, 9.17) is 18.9 Å². The van der Waals surface area contributed by atoms with Crippen LogP contribution in [0.15, 0.2) is 24.3 Å². The molecule has 10 heteroatoms. The first kappa shape index (κ1) is 49.2. The van der Waals surface area contributed by atoms with Gasteiger partial charge in [-0.1, -0.05) is 128 Å². The van der Waals surface area contributed by atoms with Crippen molar-refractivity contribution in [3.05, 3.63) is 24.3 Å². The van der Waals surface area contributed by atoms with Crippen molar-refractivity contribution < 1.29 is 49.0 Å². The monoisotopic (exact) mass is 755 g/mol. The summed E-state index contributed by atoms with van der Waals surface area (Å²) < 4.78 is 22.1. The third-order valence-electron chi connectivity index (χ3n) is 9.81. The summed E-state index contributed by atoms with van der Waals surface area (Å²) in [6.45, 7) is 3.38. The van der Waals surface area contributed by atoms with Crippen LogP contribution < -0.4 is 0 Å². The molecule has 310 valence electrons. The molecule has 10 nitrogen and oxygen atoms in total. The Balaban J connectivity index is 2.37. The highest BCUT2D eigenvalue weighted by atomic mass is 16.7. The molecule has 0 spiro atoms. The van der Waals surface area contributed by atoms with Crippen molar-refractivity contribution in [2.75, 3.05) is 19.8 Å². The highest BCUT2D eigenvalue weighted by Crippen LogP contribution is 2.22. The smallest absolute Gasteiger partial charge is 0.306 e. The minimum atomic E-state index is -1.60. The van der Waals surface area contributed by atoms with E-state index in [1.807, 2.05) is 0 Å². The first-order chi connectivity index (χ1) is 25.8. The van der Waals surface area contributed by atoms with Crippen molar-refractivity contribution >= 4 is 11.9 Å². The zero-order valence-electron chi connectivity index (χ0n) is 33.5. The Bertz CT molecular complexity index is 923. The Morgan fingerprint density at radius 1 is 0.566 bits per heavy atom. The topological polar surface area (TPSA) is 152 Å². The molecule has 0 radical (unpaired) electrons. The van der Waals surface area contributed by atoms with Crippen LogP contribution in [0.4, 0.5) is 0 Å². The summed E-state index contributed by atoms with van der Waals surface area (Å²) in [5.41, 5.74) is 0. The third-order valence-corrected chi connectivity index (χ3v) is 9.81. The van der Waals surface area contributed by atoms with E-state index in [1.54, 1.807) is 0 Å². The van der Waals surface area contributed by atoms with Crippen molar-refractivity contribution in [3.63, 3.8) is 0 Å². The van der Waals surface area contributed by atoms with Gasteiger partial charge in [0.1, 0.15) is 31.0 Å². The van der Waals surface area contributed by atoms with Gasteiger partial charge in [-0.25, -0.2) is 0 Å². The van der Waals surface area contributed by atoms with Crippen LogP contribution in [0.3, 0.4) is 0 Å². The highest BCUT2D eigenvalue weighted by Gasteiger charge is 2.44. The standard InChI is InChI=1S/C43H78O10/c1-3-5-7-9-11-13-15-17-18-20-21-23-25-27-29-31-38(45)50-34-36(35-51-43-42(49)41(48)40(47)37(33-44)53-43)52-39(46)32-30-28-26-24-22-19-16-14-12-10-8-6-4-2/h17-19,22,36-37,40-44,47-49H,3-16,20-21,23-35H2,1-2H3. The van der Waals surface area contributed by atoms with E-state index in [2.05, 4.69) is 38.2 Å². The fourth-order valence-electron chi connectivity index (χ4n) is 6.35. The van der Waals surface area contributed by atoms with Gasteiger partial charge in [-0.3, -0.25) is 9.59 Å². The second-order valence-electron chi connectivity index (χ2n) is 14.8. The second kappa shape index (κ2) is 34.7. The number of aliphatic hydroxyl groups excluding tert-OH is 4. The number of hydrogen-bond acceptors (Lipinski definition) is 10. The second-order valence-corrected chi connectivity index (χ2v) is 14.8. The summed E-state index contributed by atoms with van der Waals surface area (Å²) in [5.74, 6) is -0.833. The van der Waals surface area contributed by atoms with Crippen LogP contribution in [0.1, 0.15) is 181 Å². The van der Waals surface area contributed by atoms with Gasteiger partial charge >= 0.3 is 11.9 Å². The lowest BCUT2D eigenvalue weighted by Gasteiger charge is -2.39. The van der Waals surface area contributed by atoms with Crippen molar-refractivity contribution in [2.45, 2.75) is 218 Å². The third kappa shape index (κ3) is 26.6. The molecule has 1 aliphatic heterocycles. The van der Waals surface area contributed by atoms with E-state index in [0.29, 0.717) is 12.8 Å². The Hall–Kier alpha value is -1.82. The minimum Gasteiger partial charge on any atom is -0.462 e. The van der Waals surface area contributed by atoms with Crippen LogP contribution in [-0.4, -0.2) is 89.0 Å². The first-order valence-electron chi connectivity index (χ1n) is 21.4. The van der Waals surface area contributed by atoms with Crippen molar-refractivity contribution in [2.24, 2.45) is 0 Å². The van der Waals surface area contributed by atoms with Gasteiger partial charge in [-0.15, -0.1) is 0 Å². The van der Waals surface area contributed by atoms with E-state index in [0.717, 1.165) is 57.8 Å². The maximum absolute atomic E-state index is 12.7. The lowest BCUT2D eigenvalue weighted by molar-refractivity contribution is -0.305. The number of aliphatic hydroxyl groups is 4. The summed E-state index contributed by atoms with van der Waals surface area (Å²) in [6.07, 6.45) is 29.0. The van der Waals surface area contributed by atoms with Gasteiger partial charge in [-0.2, -0.15) is 0 Å². The Labute approximate surface area is 322 Å². The molecule has 6 unspecified atom stereocenters. The maximum atomic E-state index is 12.7. The molecule has 1 aliphatic rings. The van der Waals surface area contributed by atoms with E-state index in [1.165, 1.54) is 83.5 Å². The minimum absolute atomic E-state index is 0.209. The molecule has 1 rings (SSSR count). The quantitative estimate of drug-likeness (QED) is 0.0281. The van der Waals surface area contributed by atoms with Gasteiger partial charge in [0.25, 0.3) is 0 Å². The zero-order valence-corrected chi connectivity index (χ0v) is 33.5. The van der Waals surface area contributed by atoms with Crippen molar-refractivity contribution in [1.29, 1.82) is 0 Å². The largest absolute Gasteiger partial charge is 0.462 e. The molecular formula is C43H78O10. The fourth-order valence-corrected chi connectivity index (χ4v) is 6.35. The van der Waals surface area contributed by atoms with Crippen molar-refractivity contribution in [3.8, 4) is 0 Å². The number of ether oxygens (including phenoxy) is 4. The van der Waals surface area contributed by atoms with Crippen molar-refractivity contribution in [1.82, 2.24) is 0 Å². The number of unbranched alkanes of at least 4 members (excludes halogenated alkanes) is 20. The molecule has 4 N–H and O–H groups in total. The average molecular weight is 755 g/mol. The van der Waals surface area contributed by atoms with E-state index >= 15 is 0 Å². The van der Waals surface area contributed by atoms with Gasteiger partial charge in [0.2, 0.25) is 0 Å². The Morgan fingerprint density at radius 3 is 1.49 bits per heavy atom. The van der Waals surface area contributed by atoms with Crippen LogP contribution in [0.25, 0.3) is 0 Å². The molecule has 0 bridgehead atoms. The van der Waals surface area contributed by atoms with E-state index in [-0.39, 0.29) is 32.0 Å². The summed E-state index contributed by atoms with van der Waals surface area (Å²) in [4.78, 5) is 25.2. The molecule has 1 fully saturated rings. The lowest BCUT2D eigenvalue weighted by atomic mass is 9.99. The normalized spacial score (nSPS) is 21.1. The highest BCUT2D eigenvalue weighted by molar-refractivity contribution is 5.70.